The molecular formula is C14H20N2O3. The number of anilines is 1. The SMILES string of the molecule is CCCCC(NC(=O)CNc1ccccc1)C(=O)O. The average Bonchev–Trinajstić information content (AvgIpc) is 2.42. The van der Waals surface area contributed by atoms with Crippen molar-refractivity contribution < 1.29 is 14.7 Å². The number of benzene rings is 1. The van der Waals surface area contributed by atoms with Gasteiger partial charge in [-0.2, -0.15) is 0 Å². The quantitative estimate of drug-likeness (QED) is 0.669. The third-order valence-electron chi connectivity index (χ3n) is 2.71. The molecule has 0 aliphatic rings. The second-order valence-corrected chi connectivity index (χ2v) is 4.32. The van der Waals surface area contributed by atoms with Crippen LogP contribution < -0.4 is 10.6 Å². The molecule has 0 fully saturated rings. The van der Waals surface area contributed by atoms with E-state index in [4.69, 9.17) is 5.11 Å². The van der Waals surface area contributed by atoms with Crippen LogP contribution in [0.1, 0.15) is 26.2 Å². The molecule has 1 unspecified atom stereocenters. The van der Waals surface area contributed by atoms with Crippen molar-refractivity contribution in [2.45, 2.75) is 32.2 Å². The summed E-state index contributed by atoms with van der Waals surface area (Å²) in [6.45, 7) is 2.05. The van der Waals surface area contributed by atoms with Crippen molar-refractivity contribution in [1.29, 1.82) is 0 Å². The van der Waals surface area contributed by atoms with Gasteiger partial charge in [0.05, 0.1) is 6.54 Å². The molecule has 0 radical (unpaired) electrons. The molecule has 5 nitrogen and oxygen atoms in total. The summed E-state index contributed by atoms with van der Waals surface area (Å²) < 4.78 is 0. The number of carbonyl (C=O) groups is 2. The number of unbranched alkanes of at least 4 members (excludes halogenated alkanes) is 1. The van der Waals surface area contributed by atoms with Gasteiger partial charge in [-0.1, -0.05) is 38.0 Å². The van der Waals surface area contributed by atoms with Crippen LogP contribution in [0.4, 0.5) is 5.69 Å². The van der Waals surface area contributed by atoms with Gasteiger partial charge in [-0.3, -0.25) is 4.79 Å². The van der Waals surface area contributed by atoms with Gasteiger partial charge >= 0.3 is 5.97 Å². The van der Waals surface area contributed by atoms with Gasteiger partial charge in [0.25, 0.3) is 0 Å². The molecule has 0 spiro atoms. The van der Waals surface area contributed by atoms with Gasteiger partial charge in [0.15, 0.2) is 0 Å². The number of nitrogens with one attached hydrogen (secondary N) is 2. The van der Waals surface area contributed by atoms with Crippen LogP contribution in [0.5, 0.6) is 0 Å². The Bertz CT molecular complexity index is 406. The minimum Gasteiger partial charge on any atom is -0.480 e. The summed E-state index contributed by atoms with van der Waals surface area (Å²) in [5.74, 6) is -1.30. The number of rotatable bonds is 8. The normalized spacial score (nSPS) is 11.6. The number of carboxylic acids is 1. The Balaban J connectivity index is 2.38. The van der Waals surface area contributed by atoms with Crippen LogP contribution in [0.3, 0.4) is 0 Å². The highest BCUT2D eigenvalue weighted by atomic mass is 16.4. The van der Waals surface area contributed by atoms with Crippen LogP contribution in [-0.2, 0) is 9.59 Å². The molecule has 104 valence electrons. The van der Waals surface area contributed by atoms with Gasteiger partial charge in [0.2, 0.25) is 5.91 Å². The number of hydrogen-bond donors (Lipinski definition) is 3. The molecule has 19 heavy (non-hydrogen) atoms. The van der Waals surface area contributed by atoms with Gasteiger partial charge < -0.3 is 15.7 Å². The number of aliphatic carboxylic acids is 1. The second-order valence-electron chi connectivity index (χ2n) is 4.32. The van der Waals surface area contributed by atoms with Crippen molar-refractivity contribution in [2.75, 3.05) is 11.9 Å². The lowest BCUT2D eigenvalue weighted by Crippen LogP contribution is -2.43. The lowest BCUT2D eigenvalue weighted by Gasteiger charge is -2.14. The number of carboxylic acid groups (broad SMARTS) is 1. The van der Waals surface area contributed by atoms with Crippen LogP contribution >= 0.6 is 0 Å². The number of amides is 1. The van der Waals surface area contributed by atoms with Gasteiger partial charge in [0, 0.05) is 5.69 Å². The van der Waals surface area contributed by atoms with Crippen molar-refractivity contribution in [3.8, 4) is 0 Å². The van der Waals surface area contributed by atoms with Gasteiger partial charge in [0.1, 0.15) is 6.04 Å². The minimum atomic E-state index is -0.985. The maximum absolute atomic E-state index is 11.7. The van der Waals surface area contributed by atoms with Crippen LogP contribution in [-0.4, -0.2) is 29.6 Å². The molecule has 0 aromatic heterocycles. The van der Waals surface area contributed by atoms with Crippen molar-refractivity contribution in [3.05, 3.63) is 30.3 Å². The Morgan fingerprint density at radius 2 is 1.95 bits per heavy atom. The maximum Gasteiger partial charge on any atom is 0.326 e. The average molecular weight is 264 g/mol. The molecule has 1 aromatic carbocycles. The summed E-state index contributed by atoms with van der Waals surface area (Å²) in [5.41, 5.74) is 0.832. The second kappa shape index (κ2) is 8.13. The Morgan fingerprint density at radius 1 is 1.26 bits per heavy atom. The molecular weight excluding hydrogens is 244 g/mol. The molecule has 0 bridgehead atoms. The molecule has 0 heterocycles. The smallest absolute Gasteiger partial charge is 0.326 e. The van der Waals surface area contributed by atoms with E-state index in [-0.39, 0.29) is 12.5 Å². The monoisotopic (exact) mass is 264 g/mol. The third-order valence-corrected chi connectivity index (χ3v) is 2.71. The summed E-state index contributed by atoms with van der Waals surface area (Å²) in [5, 5.41) is 14.5. The molecule has 0 aliphatic carbocycles. The van der Waals surface area contributed by atoms with E-state index in [1.54, 1.807) is 0 Å². The Hall–Kier alpha value is -2.04. The lowest BCUT2D eigenvalue weighted by molar-refractivity contribution is -0.141. The summed E-state index contributed by atoms with van der Waals surface area (Å²) >= 11 is 0. The first kappa shape index (κ1) is 15.0. The van der Waals surface area contributed by atoms with E-state index in [1.165, 1.54) is 0 Å². The third kappa shape index (κ3) is 5.90. The summed E-state index contributed by atoms with van der Waals surface area (Å²) in [6.07, 6.45) is 2.15. The predicted octanol–water partition coefficient (Wildman–Crippen LogP) is 1.86. The van der Waals surface area contributed by atoms with Crippen molar-refractivity contribution in [3.63, 3.8) is 0 Å². The van der Waals surface area contributed by atoms with E-state index < -0.39 is 12.0 Å². The van der Waals surface area contributed by atoms with Crippen molar-refractivity contribution >= 4 is 17.6 Å². The number of hydrogen-bond acceptors (Lipinski definition) is 3. The maximum atomic E-state index is 11.7. The van der Waals surface area contributed by atoms with E-state index in [0.29, 0.717) is 6.42 Å². The fourth-order valence-electron chi connectivity index (χ4n) is 1.65. The molecule has 1 aromatic rings. The largest absolute Gasteiger partial charge is 0.480 e. The highest BCUT2D eigenvalue weighted by molar-refractivity contribution is 5.86. The zero-order valence-corrected chi connectivity index (χ0v) is 11.1. The predicted molar refractivity (Wildman–Crippen MR) is 74.0 cm³/mol. The molecule has 5 heteroatoms. The molecule has 3 N–H and O–H groups in total. The van der Waals surface area contributed by atoms with Gasteiger partial charge in [-0.05, 0) is 18.6 Å². The highest BCUT2D eigenvalue weighted by Gasteiger charge is 2.18. The Morgan fingerprint density at radius 3 is 2.53 bits per heavy atom. The molecule has 1 atom stereocenters. The van der Waals surface area contributed by atoms with Gasteiger partial charge in [-0.15, -0.1) is 0 Å². The van der Waals surface area contributed by atoms with E-state index in [9.17, 15) is 9.59 Å². The summed E-state index contributed by atoms with van der Waals surface area (Å²) in [6, 6.07) is 8.50. The number of carbonyl (C=O) groups excluding carboxylic acids is 1. The van der Waals surface area contributed by atoms with Gasteiger partial charge in [-0.25, -0.2) is 4.79 Å². The number of para-hydroxylation sites is 1. The molecule has 0 saturated carbocycles. The minimum absolute atomic E-state index is 0.0694. The summed E-state index contributed by atoms with van der Waals surface area (Å²) in [7, 11) is 0. The van der Waals surface area contributed by atoms with Crippen LogP contribution in [0.25, 0.3) is 0 Å². The molecule has 1 amide bonds. The van der Waals surface area contributed by atoms with Crippen LogP contribution in [0, 0.1) is 0 Å². The molecule has 0 saturated heterocycles. The zero-order chi connectivity index (χ0) is 14.1. The van der Waals surface area contributed by atoms with Crippen LogP contribution in [0.15, 0.2) is 30.3 Å². The topological polar surface area (TPSA) is 78.4 Å². The first-order valence-electron chi connectivity index (χ1n) is 6.44. The molecule has 1 rings (SSSR count). The standard InChI is InChI=1S/C14H20N2O3/c1-2-3-9-12(14(18)19)16-13(17)10-15-11-7-5-4-6-8-11/h4-8,12,15H,2-3,9-10H2,1H3,(H,16,17)(H,18,19). The first-order valence-corrected chi connectivity index (χ1v) is 6.44. The highest BCUT2D eigenvalue weighted by Crippen LogP contribution is 2.04. The Labute approximate surface area is 113 Å². The first-order chi connectivity index (χ1) is 9.13. The van der Waals surface area contributed by atoms with Crippen molar-refractivity contribution in [1.82, 2.24) is 5.32 Å². The van der Waals surface area contributed by atoms with Crippen LogP contribution in [0.2, 0.25) is 0 Å². The van der Waals surface area contributed by atoms with E-state index in [0.717, 1.165) is 18.5 Å². The van der Waals surface area contributed by atoms with E-state index in [1.807, 2.05) is 37.3 Å². The fraction of sp³-hybridized carbons (Fsp3) is 0.429. The van der Waals surface area contributed by atoms with E-state index >= 15 is 0 Å². The van der Waals surface area contributed by atoms with E-state index in [2.05, 4.69) is 10.6 Å². The lowest BCUT2D eigenvalue weighted by atomic mass is 10.1. The Kier molecular flexibility index (Phi) is 6.43. The molecule has 0 aliphatic heterocycles. The fourth-order valence-corrected chi connectivity index (χ4v) is 1.65. The zero-order valence-electron chi connectivity index (χ0n) is 11.1. The summed E-state index contributed by atoms with van der Waals surface area (Å²) in [4.78, 5) is 22.6. The van der Waals surface area contributed by atoms with Crippen molar-refractivity contribution in [2.24, 2.45) is 0 Å².